The van der Waals surface area contributed by atoms with Crippen LogP contribution in [0.3, 0.4) is 0 Å². The molecule has 1 rings (SSSR count). The van der Waals surface area contributed by atoms with Gasteiger partial charge in [0, 0.05) is 11.4 Å². The molecule has 9 heteroatoms. The Kier molecular flexibility index (Phi) is 5.16. The van der Waals surface area contributed by atoms with Crippen LogP contribution in [0.15, 0.2) is 12.1 Å². The van der Waals surface area contributed by atoms with Crippen LogP contribution >= 0.6 is 15.9 Å². The highest BCUT2D eigenvalue weighted by atomic mass is 79.9. The predicted molar refractivity (Wildman–Crippen MR) is 63.7 cm³/mol. The monoisotopic (exact) mass is 339 g/mol. The molecule has 104 valence electrons. The van der Waals surface area contributed by atoms with Crippen molar-refractivity contribution in [2.45, 2.75) is 11.9 Å². The molecule has 0 atom stereocenters. The summed E-state index contributed by atoms with van der Waals surface area (Å²) in [4.78, 5) is 21.7. The maximum atomic E-state index is 12.2. The molecular weight excluding hydrogens is 332 g/mol. The third kappa shape index (κ3) is 3.37. The number of ether oxygens (including phenoxy) is 2. The van der Waals surface area contributed by atoms with E-state index in [0.717, 1.165) is 19.2 Å². The van der Waals surface area contributed by atoms with Gasteiger partial charge in [0.25, 0.3) is 5.69 Å². The molecule has 0 aromatic heterocycles. The van der Waals surface area contributed by atoms with Crippen molar-refractivity contribution in [1.82, 2.24) is 0 Å². The molecule has 0 aliphatic rings. The van der Waals surface area contributed by atoms with Gasteiger partial charge in [-0.05, 0) is 6.07 Å². The fourth-order valence-corrected chi connectivity index (χ4v) is 2.01. The van der Waals surface area contributed by atoms with Gasteiger partial charge in [0.15, 0.2) is 0 Å². The SMILES string of the molecule is COC(=O)c1c(OC(F)F)ccc([N+](=O)[O-])c1CBr. The van der Waals surface area contributed by atoms with Crippen LogP contribution in [0.5, 0.6) is 5.75 Å². The third-order valence-corrected chi connectivity index (χ3v) is 2.75. The summed E-state index contributed by atoms with van der Waals surface area (Å²) in [5.41, 5.74) is -0.872. The first kappa shape index (κ1) is 15.3. The Morgan fingerprint density at radius 1 is 1.53 bits per heavy atom. The van der Waals surface area contributed by atoms with Crippen molar-refractivity contribution >= 4 is 27.6 Å². The number of nitro benzene ring substituents is 1. The van der Waals surface area contributed by atoms with E-state index in [1.165, 1.54) is 0 Å². The molecule has 0 unspecified atom stereocenters. The van der Waals surface area contributed by atoms with Gasteiger partial charge < -0.3 is 9.47 Å². The second kappa shape index (κ2) is 6.41. The van der Waals surface area contributed by atoms with Crippen molar-refractivity contribution in [3.05, 3.63) is 33.4 Å². The largest absolute Gasteiger partial charge is 0.465 e. The fourth-order valence-electron chi connectivity index (χ4n) is 1.44. The molecule has 0 amide bonds. The summed E-state index contributed by atoms with van der Waals surface area (Å²) < 4.78 is 33.1. The Balaban J connectivity index is 3.50. The first-order valence-corrected chi connectivity index (χ1v) is 5.93. The maximum Gasteiger partial charge on any atom is 0.387 e. The number of hydrogen-bond acceptors (Lipinski definition) is 5. The van der Waals surface area contributed by atoms with Crippen molar-refractivity contribution in [2.75, 3.05) is 7.11 Å². The molecule has 6 nitrogen and oxygen atoms in total. The van der Waals surface area contributed by atoms with Crippen LogP contribution in [0, 0.1) is 10.1 Å². The van der Waals surface area contributed by atoms with Crippen molar-refractivity contribution in [2.24, 2.45) is 0 Å². The van der Waals surface area contributed by atoms with Gasteiger partial charge in [-0.15, -0.1) is 0 Å². The van der Waals surface area contributed by atoms with E-state index in [1.54, 1.807) is 0 Å². The van der Waals surface area contributed by atoms with Gasteiger partial charge in [-0.2, -0.15) is 8.78 Å². The molecule has 0 radical (unpaired) electrons. The Hall–Kier alpha value is -1.77. The number of carbonyl (C=O) groups is 1. The van der Waals surface area contributed by atoms with Gasteiger partial charge in [0.05, 0.1) is 17.6 Å². The summed E-state index contributed by atoms with van der Waals surface area (Å²) in [7, 11) is 1.03. The molecule has 0 bridgehead atoms. The van der Waals surface area contributed by atoms with E-state index in [-0.39, 0.29) is 16.6 Å². The van der Waals surface area contributed by atoms with Crippen LogP contribution in [-0.2, 0) is 10.1 Å². The zero-order chi connectivity index (χ0) is 14.6. The zero-order valence-corrected chi connectivity index (χ0v) is 11.1. The number of nitrogens with zero attached hydrogens (tertiary/aromatic N) is 1. The molecule has 0 fully saturated rings. The van der Waals surface area contributed by atoms with Gasteiger partial charge in [0.2, 0.25) is 0 Å². The number of hydrogen-bond donors (Lipinski definition) is 0. The van der Waals surface area contributed by atoms with Crippen molar-refractivity contribution in [1.29, 1.82) is 0 Å². The maximum absolute atomic E-state index is 12.2. The lowest BCUT2D eigenvalue weighted by Crippen LogP contribution is -2.13. The van der Waals surface area contributed by atoms with E-state index in [0.29, 0.717) is 0 Å². The average Bonchev–Trinajstić information content (AvgIpc) is 2.36. The molecule has 0 heterocycles. The van der Waals surface area contributed by atoms with Gasteiger partial charge in [0.1, 0.15) is 11.3 Å². The molecule has 19 heavy (non-hydrogen) atoms. The standard InChI is InChI=1S/C10H8BrF2NO5/c1-18-9(15)8-5(4-11)6(14(16)17)2-3-7(8)19-10(12)13/h2-3,10H,4H2,1H3. The summed E-state index contributed by atoms with van der Waals surface area (Å²) in [5.74, 6) is -1.46. The van der Waals surface area contributed by atoms with Gasteiger partial charge in [-0.25, -0.2) is 4.79 Å². The van der Waals surface area contributed by atoms with Crippen molar-refractivity contribution < 1.29 is 28.0 Å². The van der Waals surface area contributed by atoms with E-state index < -0.39 is 28.8 Å². The van der Waals surface area contributed by atoms with E-state index in [4.69, 9.17) is 0 Å². The molecule has 0 aliphatic heterocycles. The van der Waals surface area contributed by atoms with Crippen LogP contribution in [0.25, 0.3) is 0 Å². The Labute approximate surface area is 114 Å². The summed E-state index contributed by atoms with van der Waals surface area (Å²) in [5, 5.41) is 10.7. The predicted octanol–water partition coefficient (Wildman–Crippen LogP) is 2.88. The number of esters is 1. The quantitative estimate of drug-likeness (QED) is 0.356. The number of methoxy groups -OCH3 is 1. The minimum atomic E-state index is -3.16. The molecule has 0 saturated heterocycles. The average molecular weight is 340 g/mol. The van der Waals surface area contributed by atoms with E-state index >= 15 is 0 Å². The number of alkyl halides is 3. The minimum Gasteiger partial charge on any atom is -0.465 e. The van der Waals surface area contributed by atoms with Crippen LogP contribution in [0.4, 0.5) is 14.5 Å². The Bertz CT molecular complexity index is 509. The lowest BCUT2D eigenvalue weighted by Gasteiger charge is -2.12. The summed E-state index contributed by atoms with van der Waals surface area (Å²) in [6, 6.07) is 1.92. The van der Waals surface area contributed by atoms with E-state index in [1.807, 2.05) is 0 Å². The lowest BCUT2D eigenvalue weighted by molar-refractivity contribution is -0.385. The van der Waals surface area contributed by atoms with Gasteiger partial charge in [-0.1, -0.05) is 15.9 Å². The van der Waals surface area contributed by atoms with Crippen LogP contribution in [0.1, 0.15) is 15.9 Å². The lowest BCUT2D eigenvalue weighted by atomic mass is 10.1. The van der Waals surface area contributed by atoms with Crippen molar-refractivity contribution in [3.63, 3.8) is 0 Å². The zero-order valence-electron chi connectivity index (χ0n) is 9.56. The van der Waals surface area contributed by atoms with Gasteiger partial charge in [-0.3, -0.25) is 10.1 Å². The number of nitro groups is 1. The Morgan fingerprint density at radius 2 is 2.16 bits per heavy atom. The number of benzene rings is 1. The number of halogens is 3. The highest BCUT2D eigenvalue weighted by molar-refractivity contribution is 9.08. The summed E-state index contributed by atoms with van der Waals surface area (Å²) in [6.07, 6.45) is 0. The molecule has 0 saturated carbocycles. The summed E-state index contributed by atoms with van der Waals surface area (Å²) in [6.45, 7) is -3.16. The van der Waals surface area contributed by atoms with E-state index in [9.17, 15) is 23.7 Å². The van der Waals surface area contributed by atoms with Gasteiger partial charge >= 0.3 is 12.6 Å². The van der Waals surface area contributed by atoms with Crippen LogP contribution in [-0.4, -0.2) is 24.6 Å². The second-order valence-electron chi connectivity index (χ2n) is 3.20. The van der Waals surface area contributed by atoms with Crippen molar-refractivity contribution in [3.8, 4) is 5.75 Å². The molecule has 1 aromatic rings. The normalized spacial score (nSPS) is 10.4. The first-order chi connectivity index (χ1) is 8.92. The number of rotatable bonds is 5. The second-order valence-corrected chi connectivity index (χ2v) is 3.76. The van der Waals surface area contributed by atoms with Crippen LogP contribution < -0.4 is 4.74 Å². The van der Waals surface area contributed by atoms with E-state index in [2.05, 4.69) is 25.4 Å². The molecule has 0 spiro atoms. The van der Waals surface area contributed by atoms with Crippen LogP contribution in [0.2, 0.25) is 0 Å². The topological polar surface area (TPSA) is 78.7 Å². The first-order valence-electron chi connectivity index (χ1n) is 4.81. The third-order valence-electron chi connectivity index (χ3n) is 2.19. The minimum absolute atomic E-state index is 0.0880. The molecular formula is C10H8BrF2NO5. The fraction of sp³-hybridized carbons (Fsp3) is 0.300. The molecule has 0 aliphatic carbocycles. The highest BCUT2D eigenvalue weighted by Gasteiger charge is 2.27. The molecule has 0 N–H and O–H groups in total. The summed E-state index contributed by atoms with van der Waals surface area (Å²) >= 11 is 2.97. The number of carbonyl (C=O) groups excluding carboxylic acids is 1. The Morgan fingerprint density at radius 3 is 2.58 bits per heavy atom. The highest BCUT2D eigenvalue weighted by Crippen LogP contribution is 2.33. The molecule has 1 aromatic carbocycles. The smallest absolute Gasteiger partial charge is 0.387 e.